The smallest absolute Gasteiger partial charge is 0.328 e. The number of pyridine rings is 1. The first-order valence-electron chi connectivity index (χ1n) is 3.56. The molecule has 1 aromatic rings. The number of rotatable bonds is 2. The van der Waals surface area contributed by atoms with Gasteiger partial charge < -0.3 is 5.11 Å². The van der Waals surface area contributed by atoms with Crippen LogP contribution in [0.25, 0.3) is 6.08 Å². The highest BCUT2D eigenvalue weighted by Gasteiger charge is 1.98. The van der Waals surface area contributed by atoms with E-state index in [2.05, 4.69) is 0 Å². The van der Waals surface area contributed by atoms with Gasteiger partial charge in [0.15, 0.2) is 6.20 Å². The maximum Gasteiger partial charge on any atom is 0.328 e. The Morgan fingerprint density at radius 3 is 2.92 bits per heavy atom. The molecule has 0 saturated heterocycles. The van der Waals surface area contributed by atoms with Gasteiger partial charge in [0.1, 0.15) is 7.05 Å². The van der Waals surface area contributed by atoms with Crippen molar-refractivity contribution in [3.05, 3.63) is 36.2 Å². The second kappa shape index (κ2) is 3.67. The Morgan fingerprint density at radius 2 is 2.33 bits per heavy atom. The molecule has 0 fully saturated rings. The first-order chi connectivity index (χ1) is 5.70. The Morgan fingerprint density at radius 1 is 1.58 bits per heavy atom. The van der Waals surface area contributed by atoms with Gasteiger partial charge in [-0.1, -0.05) is 0 Å². The minimum atomic E-state index is -0.932. The summed E-state index contributed by atoms with van der Waals surface area (Å²) in [5, 5.41) is 8.37. The van der Waals surface area contributed by atoms with Crippen LogP contribution in [0.3, 0.4) is 0 Å². The highest BCUT2D eigenvalue weighted by molar-refractivity contribution is 5.84. The van der Waals surface area contributed by atoms with Crippen LogP contribution in [0.5, 0.6) is 0 Å². The van der Waals surface area contributed by atoms with E-state index in [4.69, 9.17) is 5.11 Å². The van der Waals surface area contributed by atoms with Gasteiger partial charge in [-0.2, -0.15) is 0 Å². The summed E-state index contributed by atoms with van der Waals surface area (Å²) < 4.78 is 1.85. The average Bonchev–Trinajstić information content (AvgIpc) is 2.03. The van der Waals surface area contributed by atoms with Crippen molar-refractivity contribution in [3.8, 4) is 0 Å². The molecular formula is C9H10NO2+. The average molecular weight is 164 g/mol. The van der Waals surface area contributed by atoms with Gasteiger partial charge in [0.25, 0.3) is 0 Å². The van der Waals surface area contributed by atoms with E-state index in [0.717, 1.165) is 11.8 Å². The molecule has 3 heteroatoms. The largest absolute Gasteiger partial charge is 0.478 e. The van der Waals surface area contributed by atoms with Crippen molar-refractivity contribution in [3.63, 3.8) is 0 Å². The first kappa shape index (κ1) is 8.46. The van der Waals surface area contributed by atoms with Gasteiger partial charge in [-0.15, -0.1) is 0 Å². The Hall–Kier alpha value is -1.64. The zero-order chi connectivity index (χ0) is 8.97. The summed E-state index contributed by atoms with van der Waals surface area (Å²) in [6, 6.07) is 5.60. The number of carbonyl (C=O) groups is 1. The highest BCUT2D eigenvalue weighted by Crippen LogP contribution is 1.93. The fraction of sp³-hybridized carbons (Fsp3) is 0.111. The first-order valence-corrected chi connectivity index (χ1v) is 3.56. The van der Waals surface area contributed by atoms with Crippen LogP contribution in [0.1, 0.15) is 5.69 Å². The molecule has 0 unspecified atom stereocenters. The molecule has 0 saturated carbocycles. The molecule has 1 heterocycles. The normalized spacial score (nSPS) is 10.4. The summed E-state index contributed by atoms with van der Waals surface area (Å²) in [7, 11) is 1.86. The summed E-state index contributed by atoms with van der Waals surface area (Å²) in [5.41, 5.74) is 0.861. The fourth-order valence-corrected chi connectivity index (χ4v) is 0.866. The fourth-order valence-electron chi connectivity index (χ4n) is 0.866. The quantitative estimate of drug-likeness (QED) is 0.514. The van der Waals surface area contributed by atoms with Crippen LogP contribution in [0.4, 0.5) is 0 Å². The lowest BCUT2D eigenvalue weighted by atomic mass is 10.3. The predicted molar refractivity (Wildman–Crippen MR) is 44.3 cm³/mol. The lowest BCUT2D eigenvalue weighted by Gasteiger charge is -1.90. The van der Waals surface area contributed by atoms with E-state index in [1.54, 1.807) is 6.08 Å². The third-order valence-electron chi connectivity index (χ3n) is 1.49. The van der Waals surface area contributed by atoms with Crippen molar-refractivity contribution in [2.45, 2.75) is 0 Å². The van der Waals surface area contributed by atoms with Gasteiger partial charge in [0.2, 0.25) is 5.69 Å². The van der Waals surface area contributed by atoms with E-state index in [0.29, 0.717) is 0 Å². The third kappa shape index (κ3) is 2.20. The number of carboxylic acid groups (broad SMARTS) is 1. The van der Waals surface area contributed by atoms with E-state index in [9.17, 15) is 4.79 Å². The molecule has 3 nitrogen and oxygen atoms in total. The van der Waals surface area contributed by atoms with Gasteiger partial charge in [-0.3, -0.25) is 0 Å². The van der Waals surface area contributed by atoms with Crippen LogP contribution in [0, 0.1) is 0 Å². The number of nitrogens with zero attached hydrogens (tertiary/aromatic N) is 1. The monoisotopic (exact) mass is 164 g/mol. The molecule has 12 heavy (non-hydrogen) atoms. The number of aromatic nitrogens is 1. The number of carboxylic acids is 1. The summed E-state index contributed by atoms with van der Waals surface area (Å²) in [4.78, 5) is 10.2. The van der Waals surface area contributed by atoms with E-state index < -0.39 is 5.97 Å². The zero-order valence-electron chi connectivity index (χ0n) is 6.77. The van der Waals surface area contributed by atoms with Crippen LogP contribution in [-0.2, 0) is 11.8 Å². The van der Waals surface area contributed by atoms with Gasteiger partial charge in [-0.05, 0) is 6.07 Å². The maximum atomic E-state index is 10.2. The molecule has 62 valence electrons. The summed E-state index contributed by atoms with van der Waals surface area (Å²) >= 11 is 0. The van der Waals surface area contributed by atoms with Gasteiger partial charge in [-0.25, -0.2) is 9.36 Å². The molecule has 1 aromatic heterocycles. The Balaban J connectivity index is 2.89. The van der Waals surface area contributed by atoms with Gasteiger partial charge in [0.05, 0.1) is 0 Å². The lowest BCUT2D eigenvalue weighted by Crippen LogP contribution is -2.30. The van der Waals surface area contributed by atoms with Crippen LogP contribution in [0.2, 0.25) is 0 Å². The third-order valence-corrected chi connectivity index (χ3v) is 1.49. The molecule has 0 aliphatic carbocycles. The predicted octanol–water partition coefficient (Wildman–Crippen LogP) is 0.609. The van der Waals surface area contributed by atoms with E-state index >= 15 is 0 Å². The van der Waals surface area contributed by atoms with Crippen molar-refractivity contribution in [1.82, 2.24) is 0 Å². The van der Waals surface area contributed by atoms with E-state index in [1.165, 1.54) is 0 Å². The molecule has 0 radical (unpaired) electrons. The number of aryl methyl sites for hydroxylation is 1. The molecular weight excluding hydrogens is 154 g/mol. The lowest BCUT2D eigenvalue weighted by molar-refractivity contribution is -0.673. The molecule has 0 spiro atoms. The topological polar surface area (TPSA) is 41.2 Å². The van der Waals surface area contributed by atoms with Crippen LogP contribution in [0.15, 0.2) is 30.5 Å². The van der Waals surface area contributed by atoms with Crippen LogP contribution >= 0.6 is 0 Å². The van der Waals surface area contributed by atoms with E-state index in [-0.39, 0.29) is 0 Å². The molecule has 0 bridgehead atoms. The summed E-state index contributed by atoms with van der Waals surface area (Å²) in [6.07, 6.45) is 4.54. The second-order valence-corrected chi connectivity index (χ2v) is 2.41. The Labute approximate surface area is 70.6 Å². The molecule has 1 N–H and O–H groups in total. The van der Waals surface area contributed by atoms with Crippen LogP contribution < -0.4 is 4.57 Å². The van der Waals surface area contributed by atoms with Crippen molar-refractivity contribution < 1.29 is 14.5 Å². The van der Waals surface area contributed by atoms with Crippen molar-refractivity contribution >= 4 is 12.0 Å². The number of aliphatic carboxylic acids is 1. The van der Waals surface area contributed by atoms with Crippen molar-refractivity contribution in [1.29, 1.82) is 0 Å². The molecule has 1 rings (SSSR count). The van der Waals surface area contributed by atoms with Gasteiger partial charge >= 0.3 is 5.97 Å². The SMILES string of the molecule is C[n+]1ccccc1/C=C/C(=O)O. The number of hydrogen-bond acceptors (Lipinski definition) is 1. The molecule has 0 aliphatic heterocycles. The number of hydrogen-bond donors (Lipinski definition) is 1. The zero-order valence-corrected chi connectivity index (χ0v) is 6.77. The van der Waals surface area contributed by atoms with Crippen molar-refractivity contribution in [2.24, 2.45) is 7.05 Å². The van der Waals surface area contributed by atoms with E-state index in [1.807, 2.05) is 36.0 Å². The Kier molecular flexibility index (Phi) is 2.58. The molecule has 0 amide bonds. The molecule has 0 atom stereocenters. The van der Waals surface area contributed by atoms with Crippen molar-refractivity contribution in [2.75, 3.05) is 0 Å². The standard InChI is InChI=1S/C9H9NO2/c1-10-7-3-2-4-8(10)5-6-9(11)12/h2-7H,1H3/p+1/b6-5+. The summed E-state index contributed by atoms with van der Waals surface area (Å²) in [5.74, 6) is -0.932. The highest BCUT2D eigenvalue weighted by atomic mass is 16.4. The molecule has 0 aliphatic rings. The minimum Gasteiger partial charge on any atom is -0.478 e. The van der Waals surface area contributed by atoms with Crippen LogP contribution in [-0.4, -0.2) is 11.1 Å². The van der Waals surface area contributed by atoms with Gasteiger partial charge in [0, 0.05) is 24.3 Å². The molecule has 0 aromatic carbocycles. The second-order valence-electron chi connectivity index (χ2n) is 2.41. The minimum absolute atomic E-state index is 0.861. The Bertz CT molecular complexity index is 318. The summed E-state index contributed by atoms with van der Waals surface area (Å²) in [6.45, 7) is 0. The maximum absolute atomic E-state index is 10.2.